The Balaban J connectivity index is 0. The molecule has 0 rings (SSSR count). The normalized spacial score (nSPS) is 11.8. The Morgan fingerprint density at radius 3 is 0.449 bits per heavy atom. The molecule has 0 radical (unpaired) electrons. The van der Waals surface area contributed by atoms with Gasteiger partial charge in [0.15, 0.2) is 0 Å². The summed E-state index contributed by atoms with van der Waals surface area (Å²) in [6.07, 6.45) is 62.3. The molecule has 0 saturated heterocycles. The Morgan fingerprint density at radius 1 is 0.204 bits per heavy atom. The van der Waals surface area contributed by atoms with Gasteiger partial charge in [0.1, 0.15) is 0 Å². The van der Waals surface area contributed by atoms with Gasteiger partial charge in [0, 0.05) is 0 Å². The summed E-state index contributed by atoms with van der Waals surface area (Å²) in [7, 11) is 6.93. The molecule has 0 aliphatic heterocycles. The molecule has 0 bridgehead atoms. The van der Waals surface area contributed by atoms with Crippen molar-refractivity contribution in [1.29, 1.82) is 0 Å². The maximum absolute atomic E-state index is 2.31. The van der Waals surface area contributed by atoms with Crippen LogP contribution in [0.4, 0.5) is 0 Å². The first-order chi connectivity index (χ1) is 23.6. The molecule has 0 saturated carbocycles. The molecule has 2 heteroatoms. The summed E-state index contributed by atoms with van der Waals surface area (Å²) in [6.45, 7) is 3.64. The second kappa shape index (κ2) is 44.6. The third kappa shape index (κ3) is 50.6. The second-order valence-corrected chi connectivity index (χ2v) is 17.5. The highest BCUT2D eigenvalue weighted by molar-refractivity contribution is 4.54. The lowest BCUT2D eigenvalue weighted by atomic mass is 10.0. The van der Waals surface area contributed by atoms with Crippen molar-refractivity contribution >= 4 is 0 Å². The van der Waals surface area contributed by atoms with E-state index in [0.717, 1.165) is 4.48 Å². The van der Waals surface area contributed by atoms with Crippen molar-refractivity contribution in [1.82, 2.24) is 0 Å². The molecule has 0 atom stereocenters. The number of hydrogen-bond acceptors (Lipinski definition) is 0. The van der Waals surface area contributed by atoms with E-state index in [1.807, 2.05) is 0 Å². The first kappa shape index (κ1) is 51.5. The van der Waals surface area contributed by atoms with Gasteiger partial charge in [-0.2, -0.15) is 0 Å². The van der Waals surface area contributed by atoms with Crippen LogP contribution in [0.1, 0.15) is 277 Å². The SMILES string of the molecule is CCCCCCCCCCCCCCCCCCCCCCCCCCCCCCCCCCCCCCCCCCCC[N+](C)(C)C.[Br-]. The molecule has 0 aliphatic carbocycles. The highest BCUT2D eigenvalue weighted by atomic mass is 79.9. The summed E-state index contributed by atoms with van der Waals surface area (Å²) >= 11 is 0. The number of unbranched alkanes of at least 4 members (excludes halogenated alkanes) is 41. The first-order valence-corrected chi connectivity index (χ1v) is 23.4. The number of halogens is 1. The van der Waals surface area contributed by atoms with Gasteiger partial charge in [0.25, 0.3) is 0 Å². The summed E-state index contributed by atoms with van der Waals surface area (Å²) in [5, 5.41) is 0. The summed E-state index contributed by atoms with van der Waals surface area (Å²) in [4.78, 5) is 0. The number of nitrogens with zero attached hydrogens (tertiary/aromatic N) is 1. The topological polar surface area (TPSA) is 0 Å². The van der Waals surface area contributed by atoms with Crippen molar-refractivity contribution in [2.75, 3.05) is 27.7 Å². The summed E-state index contributed by atoms with van der Waals surface area (Å²) in [5.41, 5.74) is 0. The van der Waals surface area contributed by atoms with Crippen LogP contribution in [0, 0.1) is 0 Å². The molecule has 0 aromatic heterocycles. The molecule has 0 aromatic rings. The van der Waals surface area contributed by atoms with Gasteiger partial charge in [-0.25, -0.2) is 0 Å². The van der Waals surface area contributed by atoms with Crippen LogP contribution in [-0.4, -0.2) is 32.2 Å². The smallest absolute Gasteiger partial charge is 0.0780 e. The van der Waals surface area contributed by atoms with E-state index in [0.29, 0.717) is 0 Å². The quantitative estimate of drug-likeness (QED) is 0.0429. The standard InChI is InChI=1S/C47H98N.BrH/c1-5-6-7-8-9-10-11-12-13-14-15-16-17-18-19-20-21-22-23-24-25-26-27-28-29-30-31-32-33-34-35-36-37-38-39-40-41-42-43-44-45-46-47-48(2,3)4;/h5-47H2,1-4H3;1H/q+1;/p-1. The van der Waals surface area contributed by atoms with Gasteiger partial charge < -0.3 is 21.5 Å². The fourth-order valence-electron chi connectivity index (χ4n) is 7.73. The van der Waals surface area contributed by atoms with E-state index in [4.69, 9.17) is 0 Å². The minimum Gasteiger partial charge on any atom is -1.00 e. The minimum absolute atomic E-state index is 0. The molecule has 0 amide bonds. The number of quaternary nitrogens is 1. The lowest BCUT2D eigenvalue weighted by Crippen LogP contribution is -3.00. The van der Waals surface area contributed by atoms with E-state index in [1.165, 1.54) is 276 Å². The molecule has 49 heavy (non-hydrogen) atoms. The molecule has 0 heterocycles. The zero-order valence-electron chi connectivity index (χ0n) is 35.2. The molecule has 298 valence electrons. The van der Waals surface area contributed by atoms with Gasteiger partial charge >= 0.3 is 0 Å². The van der Waals surface area contributed by atoms with Crippen LogP contribution in [0.5, 0.6) is 0 Å². The van der Waals surface area contributed by atoms with Crippen molar-refractivity contribution in [2.45, 2.75) is 277 Å². The number of hydrogen-bond donors (Lipinski definition) is 0. The Kier molecular flexibility index (Phi) is 46.9. The largest absolute Gasteiger partial charge is 1.00 e. The molecular weight excluding hydrogens is 658 g/mol. The van der Waals surface area contributed by atoms with Gasteiger partial charge in [-0.3, -0.25) is 0 Å². The highest BCUT2D eigenvalue weighted by Gasteiger charge is 2.05. The maximum atomic E-state index is 2.31. The van der Waals surface area contributed by atoms with E-state index in [9.17, 15) is 0 Å². The molecule has 0 unspecified atom stereocenters. The van der Waals surface area contributed by atoms with E-state index < -0.39 is 0 Å². The van der Waals surface area contributed by atoms with Gasteiger partial charge in [0.05, 0.1) is 27.7 Å². The average molecular weight is 757 g/mol. The van der Waals surface area contributed by atoms with E-state index in [-0.39, 0.29) is 17.0 Å². The highest BCUT2D eigenvalue weighted by Crippen LogP contribution is 2.18. The van der Waals surface area contributed by atoms with E-state index >= 15 is 0 Å². The van der Waals surface area contributed by atoms with Gasteiger partial charge in [-0.05, 0) is 12.8 Å². The third-order valence-electron chi connectivity index (χ3n) is 11.2. The van der Waals surface area contributed by atoms with Crippen LogP contribution in [0.15, 0.2) is 0 Å². The van der Waals surface area contributed by atoms with Crippen LogP contribution in [0.3, 0.4) is 0 Å². The molecular formula is C47H98BrN. The predicted molar refractivity (Wildman–Crippen MR) is 222 cm³/mol. The van der Waals surface area contributed by atoms with Crippen LogP contribution in [0.2, 0.25) is 0 Å². The Hall–Kier alpha value is 0.440. The fraction of sp³-hybridized carbons (Fsp3) is 1.00. The molecule has 0 N–H and O–H groups in total. The van der Waals surface area contributed by atoms with Crippen LogP contribution < -0.4 is 17.0 Å². The van der Waals surface area contributed by atoms with Crippen LogP contribution in [-0.2, 0) is 0 Å². The predicted octanol–water partition coefficient (Wildman–Crippen LogP) is 14.1. The Bertz CT molecular complexity index is 555. The van der Waals surface area contributed by atoms with Crippen molar-refractivity contribution in [3.8, 4) is 0 Å². The number of rotatable bonds is 43. The summed E-state index contributed by atoms with van der Waals surface area (Å²) < 4.78 is 1.12. The lowest BCUT2D eigenvalue weighted by molar-refractivity contribution is -0.870. The minimum atomic E-state index is 0. The van der Waals surface area contributed by atoms with E-state index in [1.54, 1.807) is 0 Å². The van der Waals surface area contributed by atoms with Gasteiger partial charge in [-0.1, -0.05) is 264 Å². The van der Waals surface area contributed by atoms with Crippen LogP contribution >= 0.6 is 0 Å². The zero-order chi connectivity index (χ0) is 34.9. The second-order valence-electron chi connectivity index (χ2n) is 17.5. The summed E-state index contributed by atoms with van der Waals surface area (Å²) in [6, 6.07) is 0. The van der Waals surface area contributed by atoms with Crippen molar-refractivity contribution < 1.29 is 21.5 Å². The molecule has 0 aromatic carbocycles. The van der Waals surface area contributed by atoms with Gasteiger partial charge in [0.2, 0.25) is 0 Å². The average Bonchev–Trinajstić information content (AvgIpc) is 3.06. The molecule has 0 spiro atoms. The summed E-state index contributed by atoms with van der Waals surface area (Å²) in [5.74, 6) is 0. The third-order valence-corrected chi connectivity index (χ3v) is 11.2. The monoisotopic (exact) mass is 756 g/mol. The van der Waals surface area contributed by atoms with Gasteiger partial charge in [-0.15, -0.1) is 0 Å². The molecule has 0 aliphatic rings. The van der Waals surface area contributed by atoms with Crippen molar-refractivity contribution in [3.05, 3.63) is 0 Å². The van der Waals surface area contributed by atoms with Crippen molar-refractivity contribution in [3.63, 3.8) is 0 Å². The first-order valence-electron chi connectivity index (χ1n) is 23.4. The fourth-order valence-corrected chi connectivity index (χ4v) is 7.73. The van der Waals surface area contributed by atoms with Crippen molar-refractivity contribution in [2.24, 2.45) is 0 Å². The molecule has 0 fully saturated rings. The Morgan fingerprint density at radius 2 is 0.327 bits per heavy atom. The molecule has 1 nitrogen and oxygen atoms in total. The van der Waals surface area contributed by atoms with E-state index in [2.05, 4.69) is 28.1 Å². The zero-order valence-corrected chi connectivity index (χ0v) is 36.8. The maximum Gasteiger partial charge on any atom is 0.0780 e. The van der Waals surface area contributed by atoms with Crippen LogP contribution in [0.25, 0.3) is 0 Å². The lowest BCUT2D eigenvalue weighted by Gasteiger charge is -2.23. The Labute approximate surface area is 324 Å².